The quantitative estimate of drug-likeness (QED) is 0.0461. The smallest absolute Gasteiger partial charge is 0.283 e. The minimum atomic E-state index is -1.61. The van der Waals surface area contributed by atoms with Gasteiger partial charge in [0.15, 0.2) is 16.6 Å². The number of hydrogen-bond donors (Lipinski definition) is 8. The molecule has 8 N–H and O–H groups in total. The number of ether oxygens (including phenoxy) is 2. The van der Waals surface area contributed by atoms with Crippen LogP contribution in [0.1, 0.15) is 129 Å². The van der Waals surface area contributed by atoms with Crippen LogP contribution in [0, 0.1) is 47.3 Å². The summed E-state index contributed by atoms with van der Waals surface area (Å²) >= 11 is 0. The largest absolute Gasteiger partial charge is 0.441 e. The predicted molar refractivity (Wildman–Crippen MR) is 273 cm³/mol. The zero-order valence-corrected chi connectivity index (χ0v) is 45.4. The van der Waals surface area contributed by atoms with Crippen molar-refractivity contribution in [3.8, 4) is 0 Å². The van der Waals surface area contributed by atoms with Crippen molar-refractivity contribution < 1.29 is 17.7 Å². The molecule has 8 atom stereocenters. The van der Waals surface area contributed by atoms with Gasteiger partial charge in [0.1, 0.15) is 0 Å². The molecule has 5 aliphatic heterocycles. The number of fused-ring (bicyclic) bond motifs is 20. The van der Waals surface area contributed by atoms with Gasteiger partial charge in [0.05, 0.1) is 62.5 Å². The van der Waals surface area contributed by atoms with Crippen molar-refractivity contribution in [3.05, 3.63) is 24.3 Å². The molecule has 8 unspecified atom stereocenters. The molecule has 9 fully saturated rings. The molecule has 15 heteroatoms. The fourth-order valence-electron chi connectivity index (χ4n) is 14.2. The minimum absolute atomic E-state index is 0.420. The lowest BCUT2D eigenvalue weighted by molar-refractivity contribution is 0.156. The zero-order valence-electron chi connectivity index (χ0n) is 42.0. The summed E-state index contributed by atoms with van der Waals surface area (Å²) in [5.74, 6) is 5.97. The highest BCUT2D eigenvalue weighted by Crippen LogP contribution is 2.45. The Bertz CT molecular complexity index is 1290. The topological polar surface area (TPSA) is 133 Å². The second kappa shape index (κ2) is 23.7. The average molecular weight is 958 g/mol. The van der Waals surface area contributed by atoms with E-state index in [9.17, 15) is 0 Å². The molecule has 0 spiro atoms. The van der Waals surface area contributed by atoms with Gasteiger partial charge < -0.3 is 17.7 Å². The molecule has 5 saturated heterocycles. The molecule has 9 rings (SSSR count). The second-order valence-electron chi connectivity index (χ2n) is 23.8. The maximum Gasteiger partial charge on any atom is 0.283 e. The van der Waals surface area contributed by atoms with E-state index in [1.54, 1.807) is 0 Å². The van der Waals surface area contributed by atoms with E-state index in [1.807, 2.05) is 13.8 Å². The monoisotopic (exact) mass is 957 g/mol. The van der Waals surface area contributed by atoms with Gasteiger partial charge in [-0.15, -0.1) is 0 Å². The maximum absolute atomic E-state index is 6.23. The molecular weight excluding hydrogens is 861 g/mol. The highest BCUT2D eigenvalue weighted by Gasteiger charge is 2.54. The van der Waals surface area contributed by atoms with Crippen LogP contribution >= 0.6 is 0 Å². The van der Waals surface area contributed by atoms with Gasteiger partial charge in [0, 0.05) is 13.2 Å². The van der Waals surface area contributed by atoms with Crippen LogP contribution in [0.3, 0.4) is 0 Å². The Balaban J connectivity index is 0.000000202. The van der Waals surface area contributed by atoms with Crippen molar-refractivity contribution in [1.29, 1.82) is 0 Å². The lowest BCUT2D eigenvalue weighted by atomic mass is 9.76. The fraction of sp³-hybridized carbons (Fsp3) is 0.920. The Kier molecular flexibility index (Phi) is 18.6. The van der Waals surface area contributed by atoms with Crippen molar-refractivity contribution >= 4 is 26.6 Å². The summed E-state index contributed by atoms with van der Waals surface area (Å²) in [5, 5.41) is 33.8. The molecule has 0 aromatic rings. The first-order valence-electron chi connectivity index (χ1n) is 27.1. The molecule has 65 heavy (non-hydrogen) atoms. The highest BCUT2D eigenvalue weighted by atomic mass is 28.4. The summed E-state index contributed by atoms with van der Waals surface area (Å²) in [5.41, 5.74) is 2.15. The van der Waals surface area contributed by atoms with Gasteiger partial charge in [0.2, 0.25) is 0 Å². The van der Waals surface area contributed by atoms with Gasteiger partial charge in [-0.05, 0) is 164 Å². The van der Waals surface area contributed by atoms with Crippen molar-refractivity contribution in [2.75, 3.05) is 26.4 Å². The molecule has 0 radical (unpaired) electrons. The third-order valence-electron chi connectivity index (χ3n) is 17.5. The summed E-state index contributed by atoms with van der Waals surface area (Å²) in [6.07, 6.45) is 27.7. The number of rotatable bonds is 16. The van der Waals surface area contributed by atoms with Crippen LogP contribution in [0.5, 0.6) is 0 Å². The molecule has 12 nitrogen and oxygen atoms in total. The van der Waals surface area contributed by atoms with Crippen LogP contribution in [0.4, 0.5) is 0 Å². The van der Waals surface area contributed by atoms with Gasteiger partial charge in [-0.1, -0.05) is 75.7 Å². The fourth-order valence-corrected chi connectivity index (χ4v) is 20.6. The van der Waals surface area contributed by atoms with Gasteiger partial charge in [-0.2, -0.15) is 0 Å². The van der Waals surface area contributed by atoms with Crippen molar-refractivity contribution in [3.63, 3.8) is 0 Å². The molecule has 9 aliphatic rings. The zero-order chi connectivity index (χ0) is 45.6. The van der Waals surface area contributed by atoms with Crippen LogP contribution in [-0.4, -0.2) is 102 Å². The minimum Gasteiger partial charge on any atom is -0.441 e. The lowest BCUT2D eigenvalue weighted by Crippen LogP contribution is -2.61. The van der Waals surface area contributed by atoms with Gasteiger partial charge in [0.25, 0.3) is 10.0 Å². The molecule has 0 aromatic carbocycles. The van der Waals surface area contributed by atoms with Crippen LogP contribution in [-0.2, 0) is 17.7 Å². The Hall–Kier alpha value is -0.349. The van der Waals surface area contributed by atoms with Crippen molar-refractivity contribution in [2.24, 2.45) is 47.3 Å². The van der Waals surface area contributed by atoms with Gasteiger partial charge in [-0.25, -0.2) is 0 Å². The summed E-state index contributed by atoms with van der Waals surface area (Å²) in [6.45, 7) is 23.7. The molecule has 4 saturated carbocycles. The lowest BCUT2D eigenvalue weighted by Gasteiger charge is -2.35. The SMILES string of the molecule is C1CCC2C3NC(NC4NC(NC5NC(NC6NC(N3)C3CCCCC63)C3CCCCC53)C3CCCCC43)C2C1.C=C(C)COCCC[Si](C)(C)O[SiH2]O[Si](C)(C)CCCOCC(=C)C. The van der Waals surface area contributed by atoms with E-state index in [1.165, 1.54) is 103 Å². The predicted octanol–water partition coefficient (Wildman–Crippen LogP) is 7.00. The first kappa shape index (κ1) is 51.0. The summed E-state index contributed by atoms with van der Waals surface area (Å²) in [6, 6.07) is 2.24. The van der Waals surface area contributed by atoms with E-state index < -0.39 is 26.6 Å². The highest BCUT2D eigenvalue weighted by molar-refractivity contribution is 6.78. The molecule has 0 amide bonds. The van der Waals surface area contributed by atoms with E-state index in [-0.39, 0.29) is 0 Å². The van der Waals surface area contributed by atoms with Crippen LogP contribution in [0.25, 0.3) is 0 Å². The van der Waals surface area contributed by atoms with E-state index >= 15 is 0 Å². The summed E-state index contributed by atoms with van der Waals surface area (Å²) in [7, 11) is -4.12. The third kappa shape index (κ3) is 13.5. The van der Waals surface area contributed by atoms with Crippen LogP contribution in [0.15, 0.2) is 24.3 Å². The maximum atomic E-state index is 6.23. The van der Waals surface area contributed by atoms with E-state index in [2.05, 4.69) is 81.9 Å². The Morgan fingerprint density at radius 2 is 0.631 bits per heavy atom. The Morgan fingerprint density at radius 1 is 0.415 bits per heavy atom. The third-order valence-corrected chi connectivity index (χ3v) is 27.8. The van der Waals surface area contributed by atoms with Gasteiger partial charge in [-0.3, -0.25) is 42.5 Å². The molecule has 8 bridgehead atoms. The van der Waals surface area contributed by atoms with Crippen molar-refractivity contribution in [2.45, 2.75) is 217 Å². The number of nitrogens with one attached hydrogen (secondary N) is 8. The Morgan fingerprint density at radius 3 is 0.831 bits per heavy atom. The van der Waals surface area contributed by atoms with Crippen LogP contribution in [0.2, 0.25) is 38.3 Å². The van der Waals surface area contributed by atoms with E-state index in [0.29, 0.717) is 62.5 Å². The average Bonchev–Trinajstić information content (AvgIpc) is 4.02. The standard InChI is InChI=1S/C32H56N8.C18H40O4Si3/c1-2-10-18-17(9-1)25-33-26(18)38-28-21-13-5-6-14-22(21)30(35-28)40-32-24-16-8-7-15-23(24)31(36-32)39-29-20-12-4-3-11-19(20)27(34-29)37-25;1-17(2)15-19-11-9-13-24(5,6)21-23-22-25(7,8)14-10-12-20-16-18(3)4/h17-40H,1-16H2;1,3,9-16,23H2,2,4-8H3. The molecule has 372 valence electrons. The summed E-state index contributed by atoms with van der Waals surface area (Å²) < 4.78 is 23.6. The molecule has 4 aliphatic carbocycles. The second-order valence-corrected chi connectivity index (χ2v) is 34.3. The Labute approximate surface area is 400 Å². The number of hydrogen-bond acceptors (Lipinski definition) is 12. The van der Waals surface area contributed by atoms with Crippen molar-refractivity contribution in [1.82, 2.24) is 42.5 Å². The first-order valence-corrected chi connectivity index (χ1v) is 34.5. The molecule has 0 aromatic heterocycles. The normalized spacial score (nSPS) is 40.2. The van der Waals surface area contributed by atoms with Gasteiger partial charge >= 0.3 is 0 Å². The summed E-state index contributed by atoms with van der Waals surface area (Å²) in [4.78, 5) is 0. The molecule has 5 heterocycles. The first-order chi connectivity index (χ1) is 31.3. The van der Waals surface area contributed by atoms with E-state index in [0.717, 1.165) is 96.6 Å². The molecular formula is C50H96N8O4Si3. The van der Waals surface area contributed by atoms with Crippen LogP contribution < -0.4 is 42.5 Å². The van der Waals surface area contributed by atoms with E-state index in [4.69, 9.17) is 17.7 Å².